The first-order chi connectivity index (χ1) is 14.8. The topological polar surface area (TPSA) is 31.8 Å². The normalized spacial score (nSPS) is 20.0. The summed E-state index contributed by atoms with van der Waals surface area (Å²) in [7, 11) is 1.72. The fraction of sp³-hybridized carbons (Fsp3) is 0.560. The predicted molar refractivity (Wildman–Crippen MR) is 122 cm³/mol. The molecule has 5 rings (SSSR count). The van der Waals surface area contributed by atoms with Gasteiger partial charge in [0.2, 0.25) is 0 Å². The Bertz CT molecular complexity index is 858. The van der Waals surface area contributed by atoms with Crippen LogP contribution in [-0.4, -0.2) is 67.7 Å². The van der Waals surface area contributed by atoms with Gasteiger partial charge >= 0.3 is 0 Å². The third kappa shape index (κ3) is 4.33. The summed E-state index contributed by atoms with van der Waals surface area (Å²) in [5.41, 5.74) is 7.09. The van der Waals surface area contributed by atoms with Gasteiger partial charge in [-0.1, -0.05) is 6.07 Å². The number of hydrogen-bond donors (Lipinski definition) is 0. The van der Waals surface area contributed by atoms with Gasteiger partial charge < -0.3 is 9.64 Å². The maximum Gasteiger partial charge on any atom is 0.119 e. The molecule has 0 amide bonds. The number of nitrogens with zero attached hydrogens (tertiary/aromatic N) is 4. The summed E-state index contributed by atoms with van der Waals surface area (Å²) < 4.78 is 5.28. The standard InChI is InChI=1S/C25H34N4O/c1-30-23-8-6-22(7-9-23)29-16-14-27(15-17-29)12-13-28-11-10-25-21(19-28)18-20-4-2-3-5-24(20)26-25/h6-9,18H,2-5,10-17,19H2,1H3. The minimum atomic E-state index is 0.927. The lowest BCUT2D eigenvalue weighted by atomic mass is 9.92. The minimum absolute atomic E-state index is 0.927. The number of anilines is 1. The van der Waals surface area contributed by atoms with Gasteiger partial charge in [0.1, 0.15) is 5.75 Å². The number of fused-ring (bicyclic) bond motifs is 2. The molecule has 160 valence electrons. The SMILES string of the molecule is COc1ccc(N2CCN(CCN3CCc4nc5c(cc4C3)CCCC5)CC2)cc1. The molecule has 1 saturated heterocycles. The third-order valence-electron chi connectivity index (χ3n) is 7.07. The van der Waals surface area contributed by atoms with E-state index in [9.17, 15) is 0 Å². The first-order valence-electron chi connectivity index (χ1n) is 11.6. The molecule has 0 atom stereocenters. The van der Waals surface area contributed by atoms with Gasteiger partial charge in [0.15, 0.2) is 0 Å². The largest absolute Gasteiger partial charge is 0.497 e. The monoisotopic (exact) mass is 406 g/mol. The second-order valence-corrected chi connectivity index (χ2v) is 8.96. The minimum Gasteiger partial charge on any atom is -0.497 e. The molecule has 5 nitrogen and oxygen atoms in total. The van der Waals surface area contributed by atoms with E-state index in [1.807, 2.05) is 0 Å². The van der Waals surface area contributed by atoms with Gasteiger partial charge in [0, 0.05) is 75.9 Å². The van der Waals surface area contributed by atoms with E-state index in [0.717, 1.165) is 51.4 Å². The number of aryl methyl sites for hydroxylation is 2. The first-order valence-corrected chi connectivity index (χ1v) is 11.6. The molecule has 30 heavy (non-hydrogen) atoms. The maximum atomic E-state index is 5.28. The average Bonchev–Trinajstić information content (AvgIpc) is 2.81. The van der Waals surface area contributed by atoms with E-state index in [1.54, 1.807) is 7.11 Å². The van der Waals surface area contributed by atoms with E-state index in [-0.39, 0.29) is 0 Å². The van der Waals surface area contributed by atoms with Crippen molar-refractivity contribution in [3.05, 3.63) is 52.8 Å². The molecule has 1 fully saturated rings. The van der Waals surface area contributed by atoms with Crippen LogP contribution < -0.4 is 9.64 Å². The van der Waals surface area contributed by atoms with Gasteiger partial charge in [-0.25, -0.2) is 0 Å². The smallest absolute Gasteiger partial charge is 0.119 e. The van der Waals surface area contributed by atoms with Crippen LogP contribution in [0.1, 0.15) is 35.4 Å². The molecule has 5 heteroatoms. The highest BCUT2D eigenvalue weighted by Gasteiger charge is 2.22. The van der Waals surface area contributed by atoms with Crippen molar-refractivity contribution in [1.82, 2.24) is 14.8 Å². The Balaban J connectivity index is 1.11. The fourth-order valence-electron chi connectivity index (χ4n) is 5.16. The highest BCUT2D eigenvalue weighted by atomic mass is 16.5. The number of pyridine rings is 1. The zero-order chi connectivity index (χ0) is 20.3. The van der Waals surface area contributed by atoms with Crippen LogP contribution in [0.4, 0.5) is 5.69 Å². The fourth-order valence-corrected chi connectivity index (χ4v) is 5.16. The van der Waals surface area contributed by atoms with Crippen LogP contribution in [0, 0.1) is 0 Å². The number of rotatable bonds is 5. The summed E-state index contributed by atoms with van der Waals surface area (Å²) in [6.45, 7) is 9.07. The molecule has 0 spiro atoms. The van der Waals surface area contributed by atoms with E-state index in [0.29, 0.717) is 0 Å². The zero-order valence-electron chi connectivity index (χ0n) is 18.3. The van der Waals surface area contributed by atoms with Gasteiger partial charge in [0.25, 0.3) is 0 Å². The van der Waals surface area contributed by atoms with Crippen LogP contribution in [0.15, 0.2) is 30.3 Å². The molecular weight excluding hydrogens is 372 g/mol. The van der Waals surface area contributed by atoms with Gasteiger partial charge in [-0.15, -0.1) is 0 Å². The highest BCUT2D eigenvalue weighted by Crippen LogP contribution is 2.26. The van der Waals surface area contributed by atoms with E-state index < -0.39 is 0 Å². The molecule has 1 aromatic carbocycles. The van der Waals surface area contributed by atoms with Crippen LogP contribution in [0.25, 0.3) is 0 Å². The summed E-state index contributed by atoms with van der Waals surface area (Å²) in [6.07, 6.45) is 6.19. The summed E-state index contributed by atoms with van der Waals surface area (Å²) in [5.74, 6) is 0.927. The molecule has 0 unspecified atom stereocenters. The van der Waals surface area contributed by atoms with Crippen LogP contribution in [0.2, 0.25) is 0 Å². The number of methoxy groups -OCH3 is 1. The Hall–Kier alpha value is -2.11. The molecule has 0 saturated carbocycles. The second kappa shape index (κ2) is 8.94. The van der Waals surface area contributed by atoms with E-state index in [4.69, 9.17) is 9.72 Å². The molecule has 0 N–H and O–H groups in total. The number of ether oxygens (including phenoxy) is 1. The maximum absolute atomic E-state index is 5.28. The third-order valence-corrected chi connectivity index (χ3v) is 7.07. The number of aromatic nitrogens is 1. The summed E-state index contributed by atoms with van der Waals surface area (Å²) in [5, 5.41) is 0. The molecule has 0 radical (unpaired) electrons. The van der Waals surface area contributed by atoms with E-state index >= 15 is 0 Å². The molecular formula is C25H34N4O. The van der Waals surface area contributed by atoms with Crippen molar-refractivity contribution < 1.29 is 4.74 Å². The molecule has 2 aromatic rings. The quantitative estimate of drug-likeness (QED) is 0.762. The van der Waals surface area contributed by atoms with Gasteiger partial charge in [-0.2, -0.15) is 0 Å². The molecule has 2 aliphatic heterocycles. The van der Waals surface area contributed by atoms with Crippen LogP contribution in [0.5, 0.6) is 5.75 Å². The molecule has 3 aliphatic rings. The van der Waals surface area contributed by atoms with Crippen molar-refractivity contribution in [2.45, 2.75) is 38.6 Å². The van der Waals surface area contributed by atoms with Crippen molar-refractivity contribution in [2.24, 2.45) is 0 Å². The lowest BCUT2D eigenvalue weighted by Gasteiger charge is -2.37. The number of hydrogen-bond acceptors (Lipinski definition) is 5. The predicted octanol–water partition coefficient (Wildman–Crippen LogP) is 3.15. The van der Waals surface area contributed by atoms with Gasteiger partial charge in [0.05, 0.1) is 7.11 Å². The Morgan fingerprint density at radius 2 is 1.53 bits per heavy atom. The summed E-state index contributed by atoms with van der Waals surface area (Å²) in [4.78, 5) is 12.8. The van der Waals surface area contributed by atoms with Crippen molar-refractivity contribution in [3.63, 3.8) is 0 Å². The lowest BCUT2D eigenvalue weighted by Crippen LogP contribution is -2.48. The van der Waals surface area contributed by atoms with Gasteiger partial charge in [-0.3, -0.25) is 14.8 Å². The Labute approximate surface area is 180 Å². The first kappa shape index (κ1) is 19.8. The van der Waals surface area contributed by atoms with Crippen molar-refractivity contribution in [1.29, 1.82) is 0 Å². The van der Waals surface area contributed by atoms with Crippen LogP contribution in [-0.2, 0) is 25.8 Å². The summed E-state index contributed by atoms with van der Waals surface area (Å²) in [6, 6.07) is 10.9. The Morgan fingerprint density at radius 3 is 2.33 bits per heavy atom. The van der Waals surface area contributed by atoms with Gasteiger partial charge in [-0.05, 0) is 61.1 Å². The summed E-state index contributed by atoms with van der Waals surface area (Å²) >= 11 is 0. The van der Waals surface area contributed by atoms with Crippen LogP contribution in [0.3, 0.4) is 0 Å². The molecule has 3 heterocycles. The van der Waals surface area contributed by atoms with Crippen LogP contribution >= 0.6 is 0 Å². The van der Waals surface area contributed by atoms with E-state index in [2.05, 4.69) is 45.0 Å². The molecule has 1 aromatic heterocycles. The Kier molecular flexibility index (Phi) is 5.91. The number of piperazine rings is 1. The zero-order valence-corrected chi connectivity index (χ0v) is 18.3. The second-order valence-electron chi connectivity index (χ2n) is 8.96. The lowest BCUT2D eigenvalue weighted by molar-refractivity contribution is 0.186. The number of benzene rings is 1. The molecule has 1 aliphatic carbocycles. The van der Waals surface area contributed by atoms with E-state index in [1.165, 1.54) is 67.0 Å². The van der Waals surface area contributed by atoms with Crippen molar-refractivity contribution in [3.8, 4) is 5.75 Å². The Morgan fingerprint density at radius 1 is 0.800 bits per heavy atom. The van der Waals surface area contributed by atoms with Crippen molar-refractivity contribution >= 4 is 5.69 Å². The average molecular weight is 407 g/mol. The van der Waals surface area contributed by atoms with Crippen molar-refractivity contribution in [2.75, 3.05) is 57.8 Å². The highest BCUT2D eigenvalue weighted by molar-refractivity contribution is 5.49. The molecule has 0 bridgehead atoms.